The molecule has 0 aliphatic heterocycles. The van der Waals surface area contributed by atoms with Crippen molar-refractivity contribution >= 4 is 27.4 Å². The third-order valence-corrected chi connectivity index (χ3v) is 4.13. The zero-order chi connectivity index (χ0) is 15.4. The van der Waals surface area contributed by atoms with Crippen LogP contribution in [0.25, 0.3) is 5.65 Å². The zero-order valence-corrected chi connectivity index (χ0v) is 13.9. The number of tetrazole rings is 1. The minimum atomic E-state index is 0.542. The molecular formula is C15H17BrN6. The van der Waals surface area contributed by atoms with Crippen molar-refractivity contribution in [3.63, 3.8) is 0 Å². The number of nitrogens with zero attached hydrogens (tertiary/aromatic N) is 5. The minimum Gasteiger partial charge on any atom is -0.368 e. The number of nitrogens with one attached hydrogen (secondary N) is 1. The highest BCUT2D eigenvalue weighted by molar-refractivity contribution is 9.10. The van der Waals surface area contributed by atoms with Gasteiger partial charge in [0.1, 0.15) is 5.82 Å². The molecule has 0 aliphatic rings. The highest BCUT2D eigenvalue weighted by Gasteiger charge is 2.09. The Morgan fingerprint density at radius 2 is 2.18 bits per heavy atom. The fourth-order valence-electron chi connectivity index (χ4n) is 2.35. The van der Waals surface area contributed by atoms with Gasteiger partial charge in [0.2, 0.25) is 0 Å². The summed E-state index contributed by atoms with van der Waals surface area (Å²) in [7, 11) is 0. The summed E-state index contributed by atoms with van der Waals surface area (Å²) < 4.78 is 2.55. The highest BCUT2D eigenvalue weighted by Crippen LogP contribution is 2.17. The minimum absolute atomic E-state index is 0.542. The third-order valence-electron chi connectivity index (χ3n) is 3.63. The number of aromatic nitrogens is 5. The lowest BCUT2D eigenvalue weighted by Crippen LogP contribution is -2.17. The Labute approximate surface area is 137 Å². The van der Waals surface area contributed by atoms with Gasteiger partial charge in [-0.2, -0.15) is 0 Å². The van der Waals surface area contributed by atoms with Crippen molar-refractivity contribution in [1.29, 1.82) is 0 Å². The van der Waals surface area contributed by atoms with Gasteiger partial charge >= 0.3 is 0 Å². The maximum atomic E-state index is 4.32. The lowest BCUT2D eigenvalue weighted by atomic mass is 9.97. The van der Waals surface area contributed by atoms with Gasteiger partial charge in [0, 0.05) is 11.0 Å². The van der Waals surface area contributed by atoms with Crippen molar-refractivity contribution in [3.8, 4) is 0 Å². The summed E-state index contributed by atoms with van der Waals surface area (Å²) in [6.45, 7) is 3.08. The highest BCUT2D eigenvalue weighted by atomic mass is 79.9. The van der Waals surface area contributed by atoms with Crippen molar-refractivity contribution in [1.82, 2.24) is 25.3 Å². The molecule has 1 atom stereocenters. The summed E-state index contributed by atoms with van der Waals surface area (Å²) in [5, 5.41) is 18.9. The van der Waals surface area contributed by atoms with E-state index in [1.165, 1.54) is 10.2 Å². The molecule has 0 saturated heterocycles. The van der Waals surface area contributed by atoms with E-state index in [0.717, 1.165) is 29.7 Å². The van der Waals surface area contributed by atoms with Crippen LogP contribution in [0, 0.1) is 5.92 Å². The van der Waals surface area contributed by atoms with Gasteiger partial charge in [-0.3, -0.25) is 0 Å². The van der Waals surface area contributed by atoms with E-state index in [0.29, 0.717) is 11.6 Å². The number of anilines is 1. The molecule has 0 fully saturated rings. The van der Waals surface area contributed by atoms with Crippen LogP contribution in [0.2, 0.25) is 0 Å². The summed E-state index contributed by atoms with van der Waals surface area (Å²) in [6, 6.07) is 12.2. The quantitative estimate of drug-likeness (QED) is 0.731. The van der Waals surface area contributed by atoms with Crippen LogP contribution in [0.5, 0.6) is 0 Å². The molecular weight excluding hydrogens is 344 g/mol. The molecule has 0 spiro atoms. The molecule has 3 aromatic rings. The number of hydrogen-bond donors (Lipinski definition) is 1. The van der Waals surface area contributed by atoms with E-state index in [2.05, 4.69) is 67.0 Å². The van der Waals surface area contributed by atoms with Crippen LogP contribution in [0.1, 0.15) is 18.9 Å². The first-order chi connectivity index (χ1) is 10.7. The molecule has 2 aromatic heterocycles. The molecule has 2 heterocycles. The van der Waals surface area contributed by atoms with Crippen LogP contribution in [0.15, 0.2) is 40.9 Å². The fraction of sp³-hybridized carbons (Fsp3) is 0.333. The van der Waals surface area contributed by atoms with Crippen molar-refractivity contribution < 1.29 is 0 Å². The lowest BCUT2D eigenvalue weighted by molar-refractivity contribution is 0.532. The van der Waals surface area contributed by atoms with Crippen LogP contribution in [0.3, 0.4) is 0 Å². The second-order valence-corrected chi connectivity index (χ2v) is 6.15. The van der Waals surface area contributed by atoms with Crippen molar-refractivity contribution in [3.05, 3.63) is 46.4 Å². The number of benzene rings is 1. The predicted octanol–water partition coefficient (Wildman–Crippen LogP) is 2.96. The Morgan fingerprint density at radius 1 is 1.27 bits per heavy atom. The second kappa shape index (κ2) is 6.83. The number of hydrogen-bond acceptors (Lipinski definition) is 5. The smallest absolute Gasteiger partial charge is 0.200 e. The number of rotatable bonds is 6. The predicted molar refractivity (Wildman–Crippen MR) is 88.7 cm³/mol. The van der Waals surface area contributed by atoms with Gasteiger partial charge in [-0.15, -0.1) is 14.8 Å². The first kappa shape index (κ1) is 14.9. The second-order valence-electron chi connectivity index (χ2n) is 5.23. The molecule has 0 saturated carbocycles. The molecule has 0 radical (unpaired) electrons. The molecule has 114 valence electrons. The maximum absolute atomic E-state index is 4.32. The standard InChI is InChI=1S/C15H17BrN6/c1-2-11(8-12-4-3-5-13(16)9-12)10-17-14-6-7-15-18-20-21-22(15)19-14/h3-7,9,11H,2,8,10H2,1H3,(H,17,19). The molecule has 0 aliphatic carbocycles. The zero-order valence-electron chi connectivity index (χ0n) is 12.3. The topological polar surface area (TPSA) is 68.0 Å². The SMILES string of the molecule is CCC(CNc1ccc2nnnn2n1)Cc1cccc(Br)c1. The van der Waals surface area contributed by atoms with E-state index in [-0.39, 0.29) is 0 Å². The Bertz CT molecular complexity index is 756. The van der Waals surface area contributed by atoms with Crippen molar-refractivity contribution in [2.75, 3.05) is 11.9 Å². The Kier molecular flexibility index (Phi) is 4.62. The third kappa shape index (κ3) is 3.59. The summed E-state index contributed by atoms with van der Waals surface area (Å²) >= 11 is 3.52. The summed E-state index contributed by atoms with van der Waals surface area (Å²) in [6.07, 6.45) is 2.14. The normalized spacial score (nSPS) is 12.5. The maximum Gasteiger partial charge on any atom is 0.200 e. The van der Waals surface area contributed by atoms with Gasteiger partial charge in [0.15, 0.2) is 5.65 Å². The molecule has 1 aromatic carbocycles. The van der Waals surface area contributed by atoms with Gasteiger partial charge in [0.05, 0.1) is 0 Å². The van der Waals surface area contributed by atoms with Crippen LogP contribution in [0.4, 0.5) is 5.82 Å². The first-order valence-corrected chi connectivity index (χ1v) is 8.07. The largest absolute Gasteiger partial charge is 0.368 e. The Hall–Kier alpha value is -2.02. The van der Waals surface area contributed by atoms with Crippen LogP contribution < -0.4 is 5.32 Å². The van der Waals surface area contributed by atoms with Gasteiger partial charge in [-0.1, -0.05) is 41.4 Å². The molecule has 0 bridgehead atoms. The van der Waals surface area contributed by atoms with Gasteiger partial charge in [-0.05, 0) is 52.6 Å². The average molecular weight is 361 g/mol. The molecule has 1 N–H and O–H groups in total. The molecule has 7 heteroatoms. The molecule has 6 nitrogen and oxygen atoms in total. The first-order valence-electron chi connectivity index (χ1n) is 7.28. The van der Waals surface area contributed by atoms with Gasteiger partial charge in [-0.25, -0.2) is 0 Å². The van der Waals surface area contributed by atoms with E-state index in [1.54, 1.807) is 0 Å². The van der Waals surface area contributed by atoms with Crippen LogP contribution >= 0.6 is 15.9 Å². The van der Waals surface area contributed by atoms with E-state index in [4.69, 9.17) is 0 Å². The summed E-state index contributed by atoms with van der Waals surface area (Å²) in [5.74, 6) is 1.33. The molecule has 22 heavy (non-hydrogen) atoms. The van der Waals surface area contributed by atoms with E-state index >= 15 is 0 Å². The van der Waals surface area contributed by atoms with E-state index < -0.39 is 0 Å². The Morgan fingerprint density at radius 3 is 3.00 bits per heavy atom. The molecule has 0 amide bonds. The van der Waals surface area contributed by atoms with Gasteiger partial charge < -0.3 is 5.32 Å². The lowest BCUT2D eigenvalue weighted by Gasteiger charge is -2.16. The number of fused-ring (bicyclic) bond motifs is 1. The van der Waals surface area contributed by atoms with Crippen molar-refractivity contribution in [2.24, 2.45) is 5.92 Å². The molecule has 3 rings (SSSR count). The van der Waals surface area contributed by atoms with E-state index in [1.807, 2.05) is 18.2 Å². The van der Waals surface area contributed by atoms with Gasteiger partial charge in [0.25, 0.3) is 0 Å². The Balaban J connectivity index is 1.62. The molecule has 1 unspecified atom stereocenters. The summed E-state index contributed by atoms with van der Waals surface area (Å²) in [4.78, 5) is 0. The van der Waals surface area contributed by atoms with Crippen LogP contribution in [-0.2, 0) is 6.42 Å². The summed E-state index contributed by atoms with van der Waals surface area (Å²) in [5.41, 5.74) is 1.98. The van der Waals surface area contributed by atoms with E-state index in [9.17, 15) is 0 Å². The fourth-order valence-corrected chi connectivity index (χ4v) is 2.80. The number of halogens is 1. The van der Waals surface area contributed by atoms with Crippen LogP contribution in [-0.4, -0.2) is 31.8 Å². The monoisotopic (exact) mass is 360 g/mol. The van der Waals surface area contributed by atoms with Crippen molar-refractivity contribution in [2.45, 2.75) is 19.8 Å². The average Bonchev–Trinajstić information content (AvgIpc) is 2.99.